The lowest BCUT2D eigenvalue weighted by molar-refractivity contribution is -0.150. The number of ether oxygens (including phenoxy) is 1. The molecule has 2 rings (SSSR count). The number of thioether (sulfide) groups is 1. The molecule has 0 amide bonds. The highest BCUT2D eigenvalue weighted by molar-refractivity contribution is 7.99. The Hall–Kier alpha value is -1.01. The van der Waals surface area contributed by atoms with E-state index < -0.39 is 5.54 Å². The minimum atomic E-state index is -0.550. The zero-order valence-electron chi connectivity index (χ0n) is 12.3. The topological polar surface area (TPSA) is 67.0 Å². The van der Waals surface area contributed by atoms with Crippen LogP contribution in [0.5, 0.6) is 0 Å². The van der Waals surface area contributed by atoms with Crippen LogP contribution in [0.2, 0.25) is 0 Å². The third-order valence-corrected chi connectivity index (χ3v) is 4.78. The first-order chi connectivity index (χ1) is 9.55. The van der Waals surface area contributed by atoms with E-state index in [2.05, 4.69) is 29.1 Å². The SMILES string of the molecule is COC(=O)C1(NC(C)C)CCCC(Sc2ncc[nH]2)C1. The van der Waals surface area contributed by atoms with E-state index in [4.69, 9.17) is 4.74 Å². The van der Waals surface area contributed by atoms with Crippen molar-refractivity contribution in [1.82, 2.24) is 15.3 Å². The summed E-state index contributed by atoms with van der Waals surface area (Å²) in [6.07, 6.45) is 7.32. The third-order valence-electron chi connectivity index (χ3n) is 3.60. The molecule has 0 radical (unpaired) electrons. The predicted octanol–water partition coefficient (Wildman–Crippen LogP) is 2.35. The smallest absolute Gasteiger partial charge is 0.326 e. The van der Waals surface area contributed by atoms with Gasteiger partial charge in [0.2, 0.25) is 0 Å². The van der Waals surface area contributed by atoms with Gasteiger partial charge in [0.1, 0.15) is 5.54 Å². The van der Waals surface area contributed by atoms with E-state index in [-0.39, 0.29) is 12.0 Å². The molecule has 112 valence electrons. The second-order valence-electron chi connectivity index (χ2n) is 5.60. The molecule has 1 fully saturated rings. The van der Waals surface area contributed by atoms with Crippen LogP contribution in [0.15, 0.2) is 17.6 Å². The van der Waals surface area contributed by atoms with E-state index in [1.54, 1.807) is 18.0 Å². The molecule has 1 heterocycles. The summed E-state index contributed by atoms with van der Waals surface area (Å²) < 4.78 is 5.04. The zero-order chi connectivity index (χ0) is 14.6. The van der Waals surface area contributed by atoms with Crippen molar-refractivity contribution in [3.05, 3.63) is 12.4 Å². The number of hydrogen-bond donors (Lipinski definition) is 2. The van der Waals surface area contributed by atoms with Crippen molar-refractivity contribution < 1.29 is 9.53 Å². The largest absolute Gasteiger partial charge is 0.468 e. The molecule has 1 aliphatic carbocycles. The number of esters is 1. The van der Waals surface area contributed by atoms with Gasteiger partial charge in [0.25, 0.3) is 0 Å². The van der Waals surface area contributed by atoms with Crippen molar-refractivity contribution in [2.75, 3.05) is 7.11 Å². The van der Waals surface area contributed by atoms with E-state index in [0.717, 1.165) is 30.8 Å². The minimum Gasteiger partial charge on any atom is -0.468 e. The van der Waals surface area contributed by atoms with Crippen LogP contribution in [0.1, 0.15) is 39.5 Å². The standard InChI is InChI=1S/C14H23N3O2S/c1-10(2)17-14(12(18)19-3)6-4-5-11(9-14)20-13-15-7-8-16-13/h7-8,10-11,17H,4-6,9H2,1-3H3,(H,15,16). The number of carbonyl (C=O) groups excluding carboxylic acids is 1. The number of rotatable bonds is 5. The molecule has 0 aromatic carbocycles. The normalized spacial score (nSPS) is 26.7. The Morgan fingerprint density at radius 1 is 1.65 bits per heavy atom. The molecule has 1 aliphatic rings. The molecule has 1 aromatic heterocycles. The van der Waals surface area contributed by atoms with E-state index in [9.17, 15) is 4.79 Å². The average molecular weight is 297 g/mol. The second-order valence-corrected chi connectivity index (χ2v) is 6.89. The molecule has 5 nitrogen and oxygen atoms in total. The lowest BCUT2D eigenvalue weighted by Gasteiger charge is -2.40. The fraction of sp³-hybridized carbons (Fsp3) is 0.714. The first-order valence-electron chi connectivity index (χ1n) is 7.08. The van der Waals surface area contributed by atoms with E-state index in [1.165, 1.54) is 7.11 Å². The Kier molecular flexibility index (Phi) is 5.10. The summed E-state index contributed by atoms with van der Waals surface area (Å²) in [6, 6.07) is 0.251. The maximum atomic E-state index is 12.3. The number of aromatic amines is 1. The Morgan fingerprint density at radius 3 is 3.05 bits per heavy atom. The number of carbonyl (C=O) groups is 1. The van der Waals surface area contributed by atoms with Gasteiger partial charge in [0.15, 0.2) is 5.16 Å². The lowest BCUT2D eigenvalue weighted by atomic mass is 9.81. The van der Waals surface area contributed by atoms with Crippen LogP contribution in [-0.4, -0.2) is 39.9 Å². The monoisotopic (exact) mass is 297 g/mol. The van der Waals surface area contributed by atoms with Crippen LogP contribution in [0.25, 0.3) is 0 Å². The van der Waals surface area contributed by atoms with Crippen LogP contribution in [0.3, 0.4) is 0 Å². The molecule has 6 heteroatoms. The van der Waals surface area contributed by atoms with Crippen molar-refractivity contribution in [2.45, 2.75) is 61.5 Å². The summed E-state index contributed by atoms with van der Waals surface area (Å²) >= 11 is 1.71. The van der Waals surface area contributed by atoms with Crippen molar-refractivity contribution in [3.63, 3.8) is 0 Å². The van der Waals surface area contributed by atoms with Gasteiger partial charge in [-0.1, -0.05) is 11.8 Å². The van der Waals surface area contributed by atoms with Crippen LogP contribution < -0.4 is 5.32 Å². The summed E-state index contributed by atoms with van der Waals surface area (Å²) in [5.41, 5.74) is -0.550. The van der Waals surface area contributed by atoms with Crippen molar-refractivity contribution in [2.24, 2.45) is 0 Å². The molecular weight excluding hydrogens is 274 g/mol. The van der Waals surface area contributed by atoms with Crippen LogP contribution in [-0.2, 0) is 9.53 Å². The molecule has 0 aliphatic heterocycles. The Balaban J connectivity index is 2.09. The van der Waals surface area contributed by atoms with Gasteiger partial charge in [-0.05, 0) is 39.5 Å². The van der Waals surface area contributed by atoms with Gasteiger partial charge < -0.3 is 9.72 Å². The highest BCUT2D eigenvalue weighted by atomic mass is 32.2. The molecule has 0 spiro atoms. The molecule has 2 N–H and O–H groups in total. The Labute approximate surface area is 124 Å². The molecule has 1 aromatic rings. The van der Waals surface area contributed by atoms with Gasteiger partial charge >= 0.3 is 5.97 Å². The minimum absolute atomic E-state index is 0.143. The molecule has 2 atom stereocenters. The molecule has 0 saturated heterocycles. The van der Waals surface area contributed by atoms with Crippen LogP contribution in [0, 0.1) is 0 Å². The van der Waals surface area contributed by atoms with Crippen LogP contribution >= 0.6 is 11.8 Å². The number of hydrogen-bond acceptors (Lipinski definition) is 5. The number of nitrogens with zero attached hydrogens (tertiary/aromatic N) is 1. The Bertz CT molecular complexity index is 436. The van der Waals surface area contributed by atoms with Crippen molar-refractivity contribution in [1.29, 1.82) is 0 Å². The number of aromatic nitrogens is 2. The van der Waals surface area contributed by atoms with Gasteiger partial charge in [-0.25, -0.2) is 4.98 Å². The predicted molar refractivity (Wildman–Crippen MR) is 79.7 cm³/mol. The maximum Gasteiger partial charge on any atom is 0.326 e. The van der Waals surface area contributed by atoms with E-state index >= 15 is 0 Å². The molecule has 0 bridgehead atoms. The van der Waals surface area contributed by atoms with Crippen LogP contribution in [0.4, 0.5) is 0 Å². The van der Waals surface area contributed by atoms with E-state index in [0.29, 0.717) is 5.25 Å². The molecule has 2 unspecified atom stereocenters. The first-order valence-corrected chi connectivity index (χ1v) is 7.96. The molecular formula is C14H23N3O2S. The third kappa shape index (κ3) is 3.55. The molecule has 1 saturated carbocycles. The van der Waals surface area contributed by atoms with Gasteiger partial charge in [0, 0.05) is 23.7 Å². The van der Waals surface area contributed by atoms with Crippen molar-refractivity contribution in [3.8, 4) is 0 Å². The number of H-pyrrole nitrogens is 1. The fourth-order valence-corrected chi connectivity index (χ4v) is 4.15. The van der Waals surface area contributed by atoms with Gasteiger partial charge in [-0.3, -0.25) is 10.1 Å². The first kappa shape index (κ1) is 15.4. The number of methoxy groups -OCH3 is 1. The summed E-state index contributed by atoms with van der Waals surface area (Å²) in [4.78, 5) is 19.6. The number of imidazole rings is 1. The summed E-state index contributed by atoms with van der Waals surface area (Å²) in [5, 5.41) is 4.73. The van der Waals surface area contributed by atoms with Gasteiger partial charge in [-0.15, -0.1) is 0 Å². The van der Waals surface area contributed by atoms with Crippen molar-refractivity contribution >= 4 is 17.7 Å². The maximum absolute atomic E-state index is 12.3. The summed E-state index contributed by atoms with van der Waals surface area (Å²) in [6.45, 7) is 4.13. The lowest BCUT2D eigenvalue weighted by Crippen LogP contribution is -2.58. The van der Waals surface area contributed by atoms with Gasteiger partial charge in [0.05, 0.1) is 7.11 Å². The average Bonchev–Trinajstić information content (AvgIpc) is 2.90. The summed E-state index contributed by atoms with van der Waals surface area (Å²) in [7, 11) is 1.47. The highest BCUT2D eigenvalue weighted by Gasteiger charge is 2.44. The fourth-order valence-electron chi connectivity index (χ4n) is 2.92. The number of nitrogens with one attached hydrogen (secondary N) is 2. The second kappa shape index (κ2) is 6.63. The zero-order valence-corrected chi connectivity index (χ0v) is 13.1. The van der Waals surface area contributed by atoms with Gasteiger partial charge in [-0.2, -0.15) is 0 Å². The Morgan fingerprint density at radius 2 is 2.45 bits per heavy atom. The quantitative estimate of drug-likeness (QED) is 0.817. The molecule has 20 heavy (non-hydrogen) atoms. The summed E-state index contributed by atoms with van der Waals surface area (Å²) in [5.74, 6) is -0.143. The van der Waals surface area contributed by atoms with E-state index in [1.807, 2.05) is 6.20 Å². The highest BCUT2D eigenvalue weighted by Crippen LogP contribution is 2.38.